The van der Waals surface area contributed by atoms with E-state index in [1.807, 2.05) is 0 Å². The topological polar surface area (TPSA) is 71.2 Å². The molecule has 1 aliphatic heterocycles. The van der Waals surface area contributed by atoms with Crippen molar-refractivity contribution in [2.24, 2.45) is 5.73 Å². The fourth-order valence-corrected chi connectivity index (χ4v) is 2.48. The third-order valence-corrected chi connectivity index (χ3v) is 3.56. The van der Waals surface area contributed by atoms with Crippen LogP contribution in [-0.2, 0) is 6.54 Å². The lowest BCUT2D eigenvalue weighted by Gasteiger charge is -2.11. The SMILES string of the molecule is CN1CCC(NC(=O)c2csc(CN)n2)C1. The minimum atomic E-state index is -0.0868. The summed E-state index contributed by atoms with van der Waals surface area (Å²) in [7, 11) is 2.06. The first-order chi connectivity index (χ1) is 7.69. The summed E-state index contributed by atoms with van der Waals surface area (Å²) in [6.45, 7) is 2.35. The molecule has 0 aliphatic carbocycles. The van der Waals surface area contributed by atoms with E-state index in [1.54, 1.807) is 5.38 Å². The summed E-state index contributed by atoms with van der Waals surface area (Å²) in [5, 5.41) is 5.55. The Kier molecular flexibility index (Phi) is 3.52. The van der Waals surface area contributed by atoms with E-state index in [2.05, 4.69) is 22.2 Å². The third-order valence-electron chi connectivity index (χ3n) is 2.69. The van der Waals surface area contributed by atoms with Gasteiger partial charge in [0, 0.05) is 24.5 Å². The van der Waals surface area contributed by atoms with Gasteiger partial charge in [0.1, 0.15) is 10.7 Å². The molecule has 0 radical (unpaired) electrons. The number of rotatable bonds is 3. The van der Waals surface area contributed by atoms with E-state index >= 15 is 0 Å². The van der Waals surface area contributed by atoms with Crippen LogP contribution < -0.4 is 11.1 Å². The summed E-state index contributed by atoms with van der Waals surface area (Å²) < 4.78 is 0. The average molecular weight is 240 g/mol. The number of nitrogens with zero attached hydrogens (tertiary/aromatic N) is 2. The minimum Gasteiger partial charge on any atom is -0.347 e. The molecule has 5 nitrogen and oxygen atoms in total. The van der Waals surface area contributed by atoms with Gasteiger partial charge in [0.25, 0.3) is 5.91 Å². The normalized spacial score (nSPS) is 21.2. The summed E-state index contributed by atoms with van der Waals surface area (Å²) in [6.07, 6.45) is 1.01. The maximum atomic E-state index is 11.8. The number of carbonyl (C=O) groups is 1. The van der Waals surface area contributed by atoms with Crippen LogP contribution in [0.1, 0.15) is 21.9 Å². The number of nitrogens with two attached hydrogens (primary N) is 1. The van der Waals surface area contributed by atoms with Crippen LogP contribution >= 0.6 is 11.3 Å². The van der Waals surface area contributed by atoms with Crippen molar-refractivity contribution in [2.75, 3.05) is 20.1 Å². The van der Waals surface area contributed by atoms with Gasteiger partial charge in [0.05, 0.1) is 0 Å². The van der Waals surface area contributed by atoms with E-state index in [0.717, 1.165) is 24.5 Å². The summed E-state index contributed by atoms with van der Waals surface area (Å²) >= 11 is 1.43. The lowest BCUT2D eigenvalue weighted by molar-refractivity contribution is 0.0934. The van der Waals surface area contributed by atoms with E-state index in [0.29, 0.717) is 12.2 Å². The number of carbonyl (C=O) groups excluding carboxylic acids is 1. The molecule has 0 spiro atoms. The molecule has 1 saturated heterocycles. The number of hydrogen-bond acceptors (Lipinski definition) is 5. The second-order valence-corrected chi connectivity index (χ2v) is 4.99. The largest absolute Gasteiger partial charge is 0.347 e. The third kappa shape index (κ3) is 2.58. The Hall–Kier alpha value is -0.980. The molecule has 2 rings (SSSR count). The van der Waals surface area contributed by atoms with Crippen LogP contribution in [0.5, 0.6) is 0 Å². The summed E-state index contributed by atoms with van der Waals surface area (Å²) in [6, 6.07) is 0.250. The fourth-order valence-electron chi connectivity index (χ4n) is 1.82. The average Bonchev–Trinajstić information content (AvgIpc) is 2.87. The van der Waals surface area contributed by atoms with Crippen molar-refractivity contribution < 1.29 is 4.79 Å². The molecule has 1 atom stereocenters. The zero-order valence-corrected chi connectivity index (χ0v) is 10.1. The quantitative estimate of drug-likeness (QED) is 0.782. The lowest BCUT2D eigenvalue weighted by atomic mass is 10.2. The van der Waals surface area contributed by atoms with Crippen molar-refractivity contribution >= 4 is 17.2 Å². The molecule has 2 heterocycles. The minimum absolute atomic E-state index is 0.0868. The number of aromatic nitrogens is 1. The van der Waals surface area contributed by atoms with Crippen LogP contribution in [0.4, 0.5) is 0 Å². The van der Waals surface area contributed by atoms with Crippen molar-refractivity contribution in [2.45, 2.75) is 19.0 Å². The van der Waals surface area contributed by atoms with Gasteiger partial charge in [0.15, 0.2) is 0 Å². The maximum absolute atomic E-state index is 11.8. The Morgan fingerprint density at radius 1 is 1.81 bits per heavy atom. The number of likely N-dealkylation sites (N-methyl/N-ethyl adjacent to an activating group) is 1. The van der Waals surface area contributed by atoms with Crippen LogP contribution in [0.2, 0.25) is 0 Å². The zero-order valence-electron chi connectivity index (χ0n) is 9.27. The number of thiazole rings is 1. The molecule has 1 aliphatic rings. The molecule has 3 N–H and O–H groups in total. The smallest absolute Gasteiger partial charge is 0.271 e. The molecule has 88 valence electrons. The van der Waals surface area contributed by atoms with Crippen LogP contribution in [0, 0.1) is 0 Å². The van der Waals surface area contributed by atoms with Crippen molar-refractivity contribution in [3.63, 3.8) is 0 Å². The van der Waals surface area contributed by atoms with Gasteiger partial charge in [-0.2, -0.15) is 0 Å². The van der Waals surface area contributed by atoms with Crippen LogP contribution in [-0.4, -0.2) is 42.0 Å². The highest BCUT2D eigenvalue weighted by molar-refractivity contribution is 7.09. The molecular formula is C10H16N4OS. The monoisotopic (exact) mass is 240 g/mol. The highest BCUT2D eigenvalue weighted by Crippen LogP contribution is 2.11. The molecule has 16 heavy (non-hydrogen) atoms. The first-order valence-electron chi connectivity index (χ1n) is 5.33. The van der Waals surface area contributed by atoms with Crippen LogP contribution in [0.3, 0.4) is 0 Å². The molecule has 0 aromatic carbocycles. The van der Waals surface area contributed by atoms with E-state index < -0.39 is 0 Å². The Morgan fingerprint density at radius 3 is 3.19 bits per heavy atom. The molecule has 1 aromatic heterocycles. The Morgan fingerprint density at radius 2 is 2.62 bits per heavy atom. The Labute approximate surface area is 98.7 Å². The van der Waals surface area contributed by atoms with Gasteiger partial charge in [-0.25, -0.2) is 4.98 Å². The van der Waals surface area contributed by atoms with Gasteiger partial charge in [-0.05, 0) is 20.0 Å². The van der Waals surface area contributed by atoms with Crippen LogP contribution in [0.15, 0.2) is 5.38 Å². The predicted octanol–water partition coefficient (Wildman–Crippen LogP) is 0.0357. The van der Waals surface area contributed by atoms with Gasteiger partial charge in [-0.3, -0.25) is 4.79 Å². The number of nitrogens with one attached hydrogen (secondary N) is 1. The van der Waals surface area contributed by atoms with Gasteiger partial charge in [0.2, 0.25) is 0 Å². The van der Waals surface area contributed by atoms with Crippen molar-refractivity contribution in [1.29, 1.82) is 0 Å². The first-order valence-corrected chi connectivity index (χ1v) is 6.21. The van der Waals surface area contributed by atoms with Crippen molar-refractivity contribution in [1.82, 2.24) is 15.2 Å². The summed E-state index contributed by atoms with van der Waals surface area (Å²) in [5.74, 6) is -0.0868. The van der Waals surface area contributed by atoms with E-state index in [4.69, 9.17) is 5.73 Å². The first kappa shape index (κ1) is 11.5. The second kappa shape index (κ2) is 4.90. The molecular weight excluding hydrogens is 224 g/mol. The molecule has 1 fully saturated rings. The molecule has 1 unspecified atom stereocenters. The number of likely N-dealkylation sites (tertiary alicyclic amines) is 1. The molecule has 0 bridgehead atoms. The lowest BCUT2D eigenvalue weighted by Crippen LogP contribution is -2.36. The van der Waals surface area contributed by atoms with Gasteiger partial charge in [-0.15, -0.1) is 11.3 Å². The maximum Gasteiger partial charge on any atom is 0.271 e. The fraction of sp³-hybridized carbons (Fsp3) is 0.600. The van der Waals surface area contributed by atoms with E-state index in [9.17, 15) is 4.79 Å². The Balaban J connectivity index is 1.92. The Bertz CT molecular complexity index is 379. The van der Waals surface area contributed by atoms with E-state index in [1.165, 1.54) is 11.3 Å². The molecule has 1 aromatic rings. The highest BCUT2D eigenvalue weighted by Gasteiger charge is 2.22. The highest BCUT2D eigenvalue weighted by atomic mass is 32.1. The summed E-state index contributed by atoms with van der Waals surface area (Å²) in [5.41, 5.74) is 5.94. The van der Waals surface area contributed by atoms with Gasteiger partial charge < -0.3 is 16.0 Å². The van der Waals surface area contributed by atoms with Crippen molar-refractivity contribution in [3.05, 3.63) is 16.1 Å². The summed E-state index contributed by atoms with van der Waals surface area (Å²) in [4.78, 5) is 18.2. The zero-order chi connectivity index (χ0) is 11.5. The molecule has 0 saturated carbocycles. The van der Waals surface area contributed by atoms with E-state index in [-0.39, 0.29) is 11.9 Å². The molecule has 1 amide bonds. The van der Waals surface area contributed by atoms with Gasteiger partial charge in [-0.1, -0.05) is 0 Å². The standard InChI is InChI=1S/C10H16N4OS/c1-14-3-2-7(5-14)12-10(15)8-6-16-9(4-11)13-8/h6-7H,2-5,11H2,1H3,(H,12,15). The predicted molar refractivity (Wildman–Crippen MR) is 63.4 cm³/mol. The second-order valence-electron chi connectivity index (χ2n) is 4.05. The van der Waals surface area contributed by atoms with Gasteiger partial charge >= 0.3 is 0 Å². The number of amides is 1. The van der Waals surface area contributed by atoms with Crippen LogP contribution in [0.25, 0.3) is 0 Å². The van der Waals surface area contributed by atoms with Crippen molar-refractivity contribution in [3.8, 4) is 0 Å². The molecule has 6 heteroatoms. The number of hydrogen-bond donors (Lipinski definition) is 2.